The Morgan fingerprint density at radius 3 is 2.56 bits per heavy atom. The Bertz CT molecular complexity index is 904. The maximum Gasteiger partial charge on any atom is 0.228 e. The first-order valence-corrected chi connectivity index (χ1v) is 8.48. The van der Waals surface area contributed by atoms with E-state index in [0.29, 0.717) is 12.3 Å². The predicted octanol–water partition coefficient (Wildman–Crippen LogP) is 3.98. The van der Waals surface area contributed by atoms with Crippen LogP contribution in [0, 0.1) is 0 Å². The normalized spacial score (nSPS) is 14.0. The highest BCUT2D eigenvalue weighted by atomic mass is 16.1. The van der Waals surface area contributed by atoms with Crippen LogP contribution in [0.4, 0.5) is 5.69 Å². The third-order valence-corrected chi connectivity index (χ3v) is 4.63. The molecule has 0 saturated carbocycles. The smallest absolute Gasteiger partial charge is 0.228 e. The number of fused-ring (bicyclic) bond motifs is 1. The summed E-state index contributed by atoms with van der Waals surface area (Å²) in [5, 5.41) is 2.85. The average molecular weight is 329 g/mol. The fourth-order valence-electron chi connectivity index (χ4n) is 3.19. The molecule has 0 radical (unpaired) electrons. The van der Waals surface area contributed by atoms with Gasteiger partial charge in [-0.1, -0.05) is 43.3 Å². The van der Waals surface area contributed by atoms with Crippen LogP contribution in [-0.4, -0.2) is 15.9 Å². The fraction of sp³-hybridized carbons (Fsp3) is 0.190. The molecule has 4 heteroatoms. The maximum atomic E-state index is 11.5. The van der Waals surface area contributed by atoms with Gasteiger partial charge in [0.05, 0.1) is 6.42 Å². The van der Waals surface area contributed by atoms with Crippen molar-refractivity contribution in [3.63, 3.8) is 0 Å². The Hall–Kier alpha value is -3.01. The first kappa shape index (κ1) is 15.5. The van der Waals surface area contributed by atoms with Gasteiger partial charge in [-0.3, -0.25) is 4.79 Å². The number of benzene rings is 2. The Morgan fingerprint density at radius 1 is 1.04 bits per heavy atom. The molecule has 1 aliphatic heterocycles. The summed E-state index contributed by atoms with van der Waals surface area (Å²) in [5.41, 5.74) is 5.24. The summed E-state index contributed by atoms with van der Waals surface area (Å²) in [6.07, 6.45) is 4.99. The molecule has 0 spiro atoms. The summed E-state index contributed by atoms with van der Waals surface area (Å²) >= 11 is 0. The highest BCUT2D eigenvalue weighted by Crippen LogP contribution is 2.28. The molecule has 1 unspecified atom stereocenters. The van der Waals surface area contributed by atoms with Gasteiger partial charge in [0.1, 0.15) is 5.82 Å². The van der Waals surface area contributed by atoms with Crippen LogP contribution in [0.25, 0.3) is 11.1 Å². The largest absolute Gasteiger partial charge is 0.326 e. The van der Waals surface area contributed by atoms with E-state index in [4.69, 9.17) is 0 Å². The molecule has 0 bridgehead atoms. The topological polar surface area (TPSA) is 54.9 Å². The Kier molecular flexibility index (Phi) is 4.02. The monoisotopic (exact) mass is 329 g/mol. The van der Waals surface area contributed by atoms with Crippen LogP contribution in [0.2, 0.25) is 0 Å². The van der Waals surface area contributed by atoms with E-state index in [1.807, 2.05) is 36.7 Å². The van der Waals surface area contributed by atoms with Crippen LogP contribution in [0.3, 0.4) is 0 Å². The van der Waals surface area contributed by atoms with Gasteiger partial charge in [-0.25, -0.2) is 9.97 Å². The number of hydrogen-bond acceptors (Lipinski definition) is 3. The minimum atomic E-state index is 0.0497. The average Bonchev–Trinajstić information content (AvgIpc) is 3.02. The van der Waals surface area contributed by atoms with Crippen molar-refractivity contribution in [3.05, 3.63) is 77.9 Å². The van der Waals surface area contributed by atoms with Crippen molar-refractivity contribution >= 4 is 11.6 Å². The Morgan fingerprint density at radius 2 is 1.80 bits per heavy atom. The van der Waals surface area contributed by atoms with Crippen molar-refractivity contribution in [2.45, 2.75) is 25.7 Å². The maximum absolute atomic E-state index is 11.5. The van der Waals surface area contributed by atoms with E-state index in [1.165, 1.54) is 5.56 Å². The molecule has 0 fully saturated rings. The Labute approximate surface area is 147 Å². The molecular formula is C21H19N3O. The molecule has 1 N–H and O–H groups in total. The van der Waals surface area contributed by atoms with Crippen LogP contribution in [0.1, 0.15) is 29.8 Å². The first-order chi connectivity index (χ1) is 12.2. The number of amides is 1. The number of nitrogens with zero attached hydrogens (tertiary/aromatic N) is 2. The molecule has 3 aromatic rings. The second-order valence-electron chi connectivity index (χ2n) is 6.50. The van der Waals surface area contributed by atoms with Crippen molar-refractivity contribution < 1.29 is 4.79 Å². The molecule has 1 aliphatic rings. The highest BCUT2D eigenvalue weighted by molar-refractivity contribution is 5.99. The molecule has 0 aliphatic carbocycles. The summed E-state index contributed by atoms with van der Waals surface area (Å²) in [4.78, 5) is 20.5. The zero-order valence-corrected chi connectivity index (χ0v) is 14.1. The lowest BCUT2D eigenvalue weighted by atomic mass is 9.97. The number of nitrogens with one attached hydrogen (secondary N) is 1. The van der Waals surface area contributed by atoms with Gasteiger partial charge < -0.3 is 5.32 Å². The van der Waals surface area contributed by atoms with Gasteiger partial charge in [0.2, 0.25) is 5.91 Å². The first-order valence-electron chi connectivity index (χ1n) is 8.48. The van der Waals surface area contributed by atoms with E-state index in [2.05, 4.69) is 46.5 Å². The molecule has 1 aromatic heterocycles. The lowest BCUT2D eigenvalue weighted by Crippen LogP contribution is -2.03. The minimum Gasteiger partial charge on any atom is -0.326 e. The fourth-order valence-corrected chi connectivity index (χ4v) is 3.19. The lowest BCUT2D eigenvalue weighted by molar-refractivity contribution is -0.115. The van der Waals surface area contributed by atoms with Gasteiger partial charge >= 0.3 is 0 Å². The van der Waals surface area contributed by atoms with E-state index < -0.39 is 0 Å². The van der Waals surface area contributed by atoms with E-state index in [1.54, 1.807) is 0 Å². The number of carbonyl (C=O) groups excluding carboxylic acids is 1. The van der Waals surface area contributed by atoms with E-state index in [0.717, 1.165) is 34.6 Å². The molecule has 0 saturated heterocycles. The van der Waals surface area contributed by atoms with Gasteiger partial charge in [-0.05, 0) is 34.7 Å². The summed E-state index contributed by atoms with van der Waals surface area (Å²) in [6, 6.07) is 16.4. The number of aromatic nitrogens is 2. The van der Waals surface area contributed by atoms with E-state index >= 15 is 0 Å². The molecule has 4 rings (SSSR count). The highest BCUT2D eigenvalue weighted by Gasteiger charge is 2.18. The van der Waals surface area contributed by atoms with Crippen molar-refractivity contribution in [2.24, 2.45) is 0 Å². The standard InChI is InChI=1S/C21H19N3O/c1-14(15-5-3-2-4-6-15)9-20-22-12-18(13-23-20)16-7-8-19-17(10-16)11-21(25)24-19/h2-8,10,12-14H,9,11H2,1H3,(H,24,25). The molecule has 2 aromatic carbocycles. The summed E-state index contributed by atoms with van der Waals surface area (Å²) in [7, 11) is 0. The molecule has 1 atom stereocenters. The minimum absolute atomic E-state index is 0.0497. The second kappa shape index (κ2) is 6.48. The summed E-state index contributed by atoms with van der Waals surface area (Å²) < 4.78 is 0. The molecule has 124 valence electrons. The van der Waals surface area contributed by atoms with Gasteiger partial charge in [0, 0.05) is 30.1 Å². The van der Waals surface area contributed by atoms with Gasteiger partial charge in [-0.2, -0.15) is 0 Å². The number of anilines is 1. The Balaban J connectivity index is 1.51. The SMILES string of the molecule is CC(Cc1ncc(-c2ccc3c(c2)CC(=O)N3)cn1)c1ccccc1. The number of hydrogen-bond donors (Lipinski definition) is 1. The van der Waals surface area contributed by atoms with Crippen molar-refractivity contribution in [2.75, 3.05) is 5.32 Å². The molecule has 2 heterocycles. The summed E-state index contributed by atoms with van der Waals surface area (Å²) in [6.45, 7) is 2.19. The van der Waals surface area contributed by atoms with Crippen LogP contribution in [0.5, 0.6) is 0 Å². The number of carbonyl (C=O) groups is 1. The van der Waals surface area contributed by atoms with Crippen molar-refractivity contribution in [1.82, 2.24) is 9.97 Å². The van der Waals surface area contributed by atoms with Crippen LogP contribution in [-0.2, 0) is 17.6 Å². The van der Waals surface area contributed by atoms with Crippen molar-refractivity contribution in [1.29, 1.82) is 0 Å². The van der Waals surface area contributed by atoms with E-state index in [9.17, 15) is 4.79 Å². The molecule has 4 nitrogen and oxygen atoms in total. The molecule has 25 heavy (non-hydrogen) atoms. The van der Waals surface area contributed by atoms with Gasteiger partial charge in [0.25, 0.3) is 0 Å². The quantitative estimate of drug-likeness (QED) is 0.787. The number of rotatable bonds is 4. The van der Waals surface area contributed by atoms with Crippen LogP contribution < -0.4 is 5.32 Å². The van der Waals surface area contributed by atoms with Crippen LogP contribution >= 0.6 is 0 Å². The third-order valence-electron chi connectivity index (χ3n) is 4.63. The van der Waals surface area contributed by atoms with Gasteiger partial charge in [0.15, 0.2) is 0 Å². The lowest BCUT2D eigenvalue weighted by Gasteiger charge is -2.11. The second-order valence-corrected chi connectivity index (χ2v) is 6.50. The zero-order valence-electron chi connectivity index (χ0n) is 14.1. The zero-order chi connectivity index (χ0) is 17.2. The predicted molar refractivity (Wildman–Crippen MR) is 98.4 cm³/mol. The molecule has 1 amide bonds. The third kappa shape index (κ3) is 3.29. The van der Waals surface area contributed by atoms with E-state index in [-0.39, 0.29) is 5.91 Å². The van der Waals surface area contributed by atoms with Gasteiger partial charge in [-0.15, -0.1) is 0 Å². The van der Waals surface area contributed by atoms with Crippen molar-refractivity contribution in [3.8, 4) is 11.1 Å². The van der Waals surface area contributed by atoms with Crippen LogP contribution in [0.15, 0.2) is 60.9 Å². The summed E-state index contributed by atoms with van der Waals surface area (Å²) in [5.74, 6) is 1.27. The molecular weight excluding hydrogens is 310 g/mol.